The van der Waals surface area contributed by atoms with E-state index >= 15 is 0 Å². The van der Waals surface area contributed by atoms with Gasteiger partial charge in [0.15, 0.2) is 6.10 Å². The summed E-state index contributed by atoms with van der Waals surface area (Å²) in [5.41, 5.74) is 0.327. The van der Waals surface area contributed by atoms with Crippen LogP contribution in [0.25, 0.3) is 0 Å². The first-order valence-electron chi connectivity index (χ1n) is 12.6. The molecule has 0 aromatic carbocycles. The average molecular weight is 441 g/mol. The minimum Gasteiger partial charge on any atom is -0.479 e. The molecule has 0 aromatic rings. The Balaban J connectivity index is 2.54. The largest absolute Gasteiger partial charge is 0.479 e. The molecule has 1 rings (SSSR count). The molecular formula is C26H48O5. The molecule has 5 atom stereocenters. The molecule has 1 fully saturated rings. The quantitative estimate of drug-likeness (QED) is 0.199. The third-order valence-corrected chi connectivity index (χ3v) is 6.79. The summed E-state index contributed by atoms with van der Waals surface area (Å²) in [7, 11) is 0. The van der Waals surface area contributed by atoms with Crippen molar-refractivity contribution < 1.29 is 24.9 Å². The second-order valence-corrected chi connectivity index (χ2v) is 10.2. The molecule has 0 radical (unpaired) electrons. The molecule has 0 saturated heterocycles. The van der Waals surface area contributed by atoms with Gasteiger partial charge < -0.3 is 20.1 Å². The number of unbranched alkanes of at least 4 members (excludes halogenated alkanes) is 2. The van der Waals surface area contributed by atoms with Crippen LogP contribution in [0.15, 0.2) is 12.2 Å². The number of ether oxygens (including phenoxy) is 1. The Morgan fingerprint density at radius 3 is 2.52 bits per heavy atom. The van der Waals surface area contributed by atoms with Gasteiger partial charge in [-0.2, -0.15) is 0 Å². The number of aliphatic hydroxyl groups is 2. The Morgan fingerprint density at radius 1 is 1.16 bits per heavy atom. The summed E-state index contributed by atoms with van der Waals surface area (Å²) >= 11 is 0. The van der Waals surface area contributed by atoms with E-state index in [2.05, 4.69) is 39.8 Å². The predicted octanol–water partition coefficient (Wildman–Crippen LogP) is 5.73. The lowest BCUT2D eigenvalue weighted by molar-refractivity contribution is -0.148. The zero-order valence-corrected chi connectivity index (χ0v) is 20.4. The van der Waals surface area contributed by atoms with Gasteiger partial charge in [-0.05, 0) is 62.2 Å². The van der Waals surface area contributed by atoms with Crippen LogP contribution in [-0.2, 0) is 9.53 Å². The number of hydrogen-bond donors (Lipinski definition) is 3. The maximum Gasteiger partial charge on any atom is 0.332 e. The highest BCUT2D eigenvalue weighted by Crippen LogP contribution is 2.37. The SMILES string of the molecule is CCCCOC(CCC[C@H]1[C@@H](O)CC[C@@H]1C=CCC(C)(C)CCCC)CC(O)C(=O)O. The van der Waals surface area contributed by atoms with Crippen LogP contribution in [0.5, 0.6) is 0 Å². The molecule has 5 heteroatoms. The maximum atomic E-state index is 11.0. The highest BCUT2D eigenvalue weighted by molar-refractivity contribution is 5.71. The zero-order chi connectivity index (χ0) is 23.3. The second-order valence-electron chi connectivity index (χ2n) is 10.2. The van der Waals surface area contributed by atoms with Crippen LogP contribution in [0.3, 0.4) is 0 Å². The average Bonchev–Trinajstić information content (AvgIpc) is 3.06. The molecule has 0 heterocycles. The van der Waals surface area contributed by atoms with E-state index in [1.807, 2.05) is 0 Å². The van der Waals surface area contributed by atoms with E-state index in [9.17, 15) is 15.0 Å². The molecular weight excluding hydrogens is 392 g/mol. The number of rotatable bonds is 17. The third-order valence-electron chi connectivity index (χ3n) is 6.79. The highest BCUT2D eigenvalue weighted by Gasteiger charge is 2.33. The van der Waals surface area contributed by atoms with Crippen molar-refractivity contribution >= 4 is 5.97 Å². The molecule has 0 aliphatic heterocycles. The number of aliphatic carboxylic acids is 1. The minimum atomic E-state index is -1.38. The van der Waals surface area contributed by atoms with Gasteiger partial charge in [0, 0.05) is 13.0 Å². The maximum absolute atomic E-state index is 11.0. The Bertz CT molecular complexity index is 516. The molecule has 1 saturated carbocycles. The lowest BCUT2D eigenvalue weighted by atomic mass is 9.82. The zero-order valence-electron chi connectivity index (χ0n) is 20.4. The van der Waals surface area contributed by atoms with Gasteiger partial charge in [-0.1, -0.05) is 65.5 Å². The van der Waals surface area contributed by atoms with Gasteiger partial charge in [-0.25, -0.2) is 4.79 Å². The number of aliphatic hydroxyl groups excluding tert-OH is 2. The molecule has 2 unspecified atom stereocenters. The van der Waals surface area contributed by atoms with Crippen molar-refractivity contribution in [3.05, 3.63) is 12.2 Å². The lowest BCUT2D eigenvalue weighted by Crippen LogP contribution is -2.28. The highest BCUT2D eigenvalue weighted by atomic mass is 16.5. The van der Waals surface area contributed by atoms with Gasteiger partial charge in [0.2, 0.25) is 0 Å². The summed E-state index contributed by atoms with van der Waals surface area (Å²) in [5, 5.41) is 29.3. The molecule has 31 heavy (non-hydrogen) atoms. The topological polar surface area (TPSA) is 87.0 Å². The summed E-state index contributed by atoms with van der Waals surface area (Å²) in [6.07, 6.45) is 14.1. The van der Waals surface area contributed by atoms with E-state index < -0.39 is 12.1 Å². The van der Waals surface area contributed by atoms with E-state index in [0.29, 0.717) is 17.9 Å². The summed E-state index contributed by atoms with van der Waals surface area (Å²) in [4.78, 5) is 11.0. The van der Waals surface area contributed by atoms with Crippen molar-refractivity contribution in [3.63, 3.8) is 0 Å². The van der Waals surface area contributed by atoms with Gasteiger partial charge >= 0.3 is 5.97 Å². The van der Waals surface area contributed by atoms with Crippen LogP contribution < -0.4 is 0 Å². The fourth-order valence-corrected chi connectivity index (χ4v) is 4.64. The molecule has 1 aliphatic rings. The Morgan fingerprint density at radius 2 is 1.87 bits per heavy atom. The van der Waals surface area contributed by atoms with Gasteiger partial charge in [-0.3, -0.25) is 0 Å². The first-order chi connectivity index (χ1) is 14.7. The van der Waals surface area contributed by atoms with Gasteiger partial charge in [0.1, 0.15) is 0 Å². The van der Waals surface area contributed by atoms with Crippen LogP contribution in [-0.4, -0.2) is 46.2 Å². The van der Waals surface area contributed by atoms with Crippen molar-refractivity contribution in [2.75, 3.05) is 6.61 Å². The van der Waals surface area contributed by atoms with Crippen LogP contribution in [0, 0.1) is 17.3 Å². The minimum absolute atomic E-state index is 0.127. The lowest BCUT2D eigenvalue weighted by Gasteiger charge is -2.24. The number of allylic oxidation sites excluding steroid dienone is 2. The van der Waals surface area contributed by atoms with Gasteiger partial charge in [0.25, 0.3) is 0 Å². The normalized spacial score (nSPS) is 24.0. The molecule has 0 spiro atoms. The van der Waals surface area contributed by atoms with E-state index in [0.717, 1.165) is 51.4 Å². The summed E-state index contributed by atoms with van der Waals surface area (Å²) in [6.45, 7) is 9.58. The molecule has 0 aromatic heterocycles. The number of carboxylic acids is 1. The van der Waals surface area contributed by atoms with E-state index in [1.54, 1.807) is 0 Å². The van der Waals surface area contributed by atoms with E-state index in [-0.39, 0.29) is 24.5 Å². The van der Waals surface area contributed by atoms with Crippen molar-refractivity contribution in [1.29, 1.82) is 0 Å². The van der Waals surface area contributed by atoms with Crippen LogP contribution >= 0.6 is 0 Å². The molecule has 182 valence electrons. The monoisotopic (exact) mass is 440 g/mol. The standard InChI is InChI=1S/C26H48O5/c1-5-7-16-26(3,4)17-10-11-20-14-15-23(27)22(20)13-9-12-21(31-18-8-6-2)19-24(28)25(29)30/h10-11,20-24,27-28H,5-9,12-19H2,1-4H3,(H,29,30)/t20-,21?,22+,23-,24?/m0/s1. The molecule has 5 nitrogen and oxygen atoms in total. The van der Waals surface area contributed by atoms with Gasteiger partial charge in [0.05, 0.1) is 12.2 Å². The molecule has 1 aliphatic carbocycles. The first kappa shape index (κ1) is 28.1. The Labute approximate surface area is 190 Å². The number of carbonyl (C=O) groups is 1. The van der Waals surface area contributed by atoms with Crippen molar-refractivity contribution in [2.45, 2.75) is 123 Å². The fourth-order valence-electron chi connectivity index (χ4n) is 4.64. The van der Waals surface area contributed by atoms with Crippen molar-refractivity contribution in [2.24, 2.45) is 17.3 Å². The fraction of sp³-hybridized carbons (Fsp3) is 0.885. The van der Waals surface area contributed by atoms with Crippen LogP contribution in [0.2, 0.25) is 0 Å². The summed E-state index contributed by atoms with van der Waals surface area (Å²) < 4.78 is 5.86. The molecule has 3 N–H and O–H groups in total. The van der Waals surface area contributed by atoms with E-state index in [4.69, 9.17) is 9.84 Å². The first-order valence-corrected chi connectivity index (χ1v) is 12.6. The number of hydrogen-bond acceptors (Lipinski definition) is 4. The van der Waals surface area contributed by atoms with E-state index in [1.165, 1.54) is 19.3 Å². The molecule has 0 amide bonds. The second kappa shape index (κ2) is 15.0. The van der Waals surface area contributed by atoms with Crippen LogP contribution in [0.1, 0.15) is 105 Å². The summed E-state index contributed by atoms with van der Waals surface area (Å²) in [6, 6.07) is 0. The van der Waals surface area contributed by atoms with Crippen LogP contribution in [0.4, 0.5) is 0 Å². The smallest absolute Gasteiger partial charge is 0.332 e. The predicted molar refractivity (Wildman–Crippen MR) is 126 cm³/mol. The Hall–Kier alpha value is -0.910. The third kappa shape index (κ3) is 11.5. The van der Waals surface area contributed by atoms with Crippen molar-refractivity contribution in [3.8, 4) is 0 Å². The van der Waals surface area contributed by atoms with Gasteiger partial charge in [-0.15, -0.1) is 0 Å². The van der Waals surface area contributed by atoms with Crippen molar-refractivity contribution in [1.82, 2.24) is 0 Å². The molecule has 0 bridgehead atoms. The summed E-state index contributed by atoms with van der Waals surface area (Å²) in [5.74, 6) is -0.515. The Kier molecular flexibility index (Phi) is 13.6. The number of carboxylic acid groups (broad SMARTS) is 1.